The van der Waals surface area contributed by atoms with Crippen molar-refractivity contribution in [2.24, 2.45) is 0 Å². The number of methoxy groups -OCH3 is 1. The highest BCUT2D eigenvalue weighted by Crippen LogP contribution is 2.19. The van der Waals surface area contributed by atoms with Gasteiger partial charge in [0.1, 0.15) is 5.82 Å². The maximum absolute atomic E-state index is 12.5. The monoisotopic (exact) mass is 381 g/mol. The number of carbonyl (C=O) groups excluding carboxylic acids is 2. The van der Waals surface area contributed by atoms with Crippen molar-refractivity contribution in [3.8, 4) is 0 Å². The number of benzene rings is 2. The Morgan fingerprint density at radius 3 is 2.26 bits per heavy atom. The van der Waals surface area contributed by atoms with Gasteiger partial charge in [0.05, 0.1) is 12.7 Å². The molecule has 0 fully saturated rings. The molecule has 0 atom stereocenters. The van der Waals surface area contributed by atoms with Gasteiger partial charge in [-0.15, -0.1) is 0 Å². The molecule has 27 heavy (non-hydrogen) atoms. The van der Waals surface area contributed by atoms with Gasteiger partial charge in [-0.2, -0.15) is 0 Å². The van der Waals surface area contributed by atoms with Gasteiger partial charge in [0.15, 0.2) is 0 Å². The zero-order valence-electron chi connectivity index (χ0n) is 14.4. The number of halogens is 1. The van der Waals surface area contributed by atoms with E-state index in [-0.39, 0.29) is 5.91 Å². The van der Waals surface area contributed by atoms with Crippen LogP contribution in [0.15, 0.2) is 66.9 Å². The van der Waals surface area contributed by atoms with Crippen molar-refractivity contribution in [3.63, 3.8) is 0 Å². The average molecular weight is 382 g/mol. The predicted molar refractivity (Wildman–Crippen MR) is 105 cm³/mol. The van der Waals surface area contributed by atoms with Crippen LogP contribution in [0.4, 0.5) is 17.2 Å². The number of hydrogen-bond acceptors (Lipinski definition) is 5. The van der Waals surface area contributed by atoms with Gasteiger partial charge >= 0.3 is 5.97 Å². The molecule has 2 aromatic carbocycles. The number of amides is 1. The quantitative estimate of drug-likeness (QED) is 0.635. The topological polar surface area (TPSA) is 80.3 Å². The lowest BCUT2D eigenvalue weighted by molar-refractivity contribution is 0.0600. The summed E-state index contributed by atoms with van der Waals surface area (Å²) in [7, 11) is 1.32. The van der Waals surface area contributed by atoms with Gasteiger partial charge < -0.3 is 15.4 Å². The van der Waals surface area contributed by atoms with Crippen LogP contribution in [0.25, 0.3) is 0 Å². The standard InChI is InChI=1S/C20H16ClN3O3/c1-27-20(26)13-2-6-17(7-3-13)24-19(25)14-10-11-22-18(12-14)23-16-8-4-15(21)5-9-16/h2-12H,1H3,(H,22,23)(H,24,25). The molecule has 1 amide bonds. The first-order chi connectivity index (χ1) is 13.0. The molecule has 0 bridgehead atoms. The summed E-state index contributed by atoms with van der Waals surface area (Å²) < 4.78 is 4.65. The van der Waals surface area contributed by atoms with Crippen LogP contribution in [0.5, 0.6) is 0 Å². The maximum Gasteiger partial charge on any atom is 0.337 e. The molecule has 0 saturated heterocycles. The van der Waals surface area contributed by atoms with Gasteiger partial charge in [-0.25, -0.2) is 9.78 Å². The number of rotatable bonds is 5. The van der Waals surface area contributed by atoms with Crippen LogP contribution in [-0.4, -0.2) is 24.0 Å². The summed E-state index contributed by atoms with van der Waals surface area (Å²) in [5.74, 6) is -0.187. The first-order valence-electron chi connectivity index (χ1n) is 8.03. The van der Waals surface area contributed by atoms with Crippen LogP contribution in [-0.2, 0) is 4.74 Å². The lowest BCUT2D eigenvalue weighted by atomic mass is 10.2. The molecule has 136 valence electrons. The maximum atomic E-state index is 12.5. The van der Waals surface area contributed by atoms with Crippen LogP contribution < -0.4 is 10.6 Å². The summed E-state index contributed by atoms with van der Waals surface area (Å²) in [6.45, 7) is 0. The molecule has 2 N–H and O–H groups in total. The number of ether oxygens (including phenoxy) is 1. The minimum atomic E-state index is -0.431. The zero-order valence-corrected chi connectivity index (χ0v) is 15.2. The van der Waals surface area contributed by atoms with E-state index in [4.69, 9.17) is 11.6 Å². The molecule has 0 unspecified atom stereocenters. The van der Waals surface area contributed by atoms with E-state index in [0.717, 1.165) is 5.69 Å². The number of nitrogens with one attached hydrogen (secondary N) is 2. The van der Waals surface area contributed by atoms with E-state index < -0.39 is 5.97 Å². The predicted octanol–water partition coefficient (Wildman–Crippen LogP) is 4.52. The number of carbonyl (C=O) groups is 2. The van der Waals surface area contributed by atoms with Crippen molar-refractivity contribution in [2.75, 3.05) is 17.7 Å². The number of anilines is 3. The number of nitrogens with zero attached hydrogens (tertiary/aromatic N) is 1. The molecule has 0 aliphatic heterocycles. The molecule has 0 aliphatic carbocycles. The number of esters is 1. The Kier molecular flexibility index (Phi) is 5.68. The summed E-state index contributed by atoms with van der Waals surface area (Å²) in [6, 6.07) is 16.9. The van der Waals surface area contributed by atoms with Gasteiger partial charge in [0, 0.05) is 28.2 Å². The van der Waals surface area contributed by atoms with E-state index in [9.17, 15) is 9.59 Å². The fourth-order valence-corrected chi connectivity index (χ4v) is 2.46. The largest absolute Gasteiger partial charge is 0.465 e. The van der Waals surface area contributed by atoms with Gasteiger partial charge in [0.25, 0.3) is 5.91 Å². The fourth-order valence-electron chi connectivity index (χ4n) is 2.33. The summed E-state index contributed by atoms with van der Waals surface area (Å²) in [5.41, 5.74) is 2.23. The van der Waals surface area contributed by atoms with E-state index in [1.165, 1.54) is 7.11 Å². The second-order valence-corrected chi connectivity index (χ2v) is 6.02. The molecule has 3 aromatic rings. The van der Waals surface area contributed by atoms with Gasteiger partial charge in [-0.05, 0) is 60.7 Å². The van der Waals surface area contributed by atoms with Crippen LogP contribution in [0.3, 0.4) is 0 Å². The third kappa shape index (κ3) is 4.83. The Hall–Kier alpha value is -3.38. The minimum absolute atomic E-state index is 0.289. The van der Waals surface area contributed by atoms with E-state index >= 15 is 0 Å². The molecule has 1 aromatic heterocycles. The molecule has 1 heterocycles. The summed E-state index contributed by atoms with van der Waals surface area (Å²) in [4.78, 5) is 28.1. The van der Waals surface area contributed by atoms with Crippen LogP contribution in [0.1, 0.15) is 20.7 Å². The second kappa shape index (κ2) is 8.33. The SMILES string of the molecule is COC(=O)c1ccc(NC(=O)c2ccnc(Nc3ccc(Cl)cc3)c2)cc1. The van der Waals surface area contributed by atoms with E-state index in [1.807, 2.05) is 12.1 Å². The Labute approximate surface area is 161 Å². The molecule has 0 saturated carbocycles. The van der Waals surface area contributed by atoms with Gasteiger partial charge in [-0.1, -0.05) is 11.6 Å². The first-order valence-corrected chi connectivity index (χ1v) is 8.41. The zero-order chi connectivity index (χ0) is 19.2. The molecule has 0 radical (unpaired) electrons. The molecule has 7 heteroatoms. The van der Waals surface area contributed by atoms with E-state index in [2.05, 4.69) is 20.4 Å². The lowest BCUT2D eigenvalue weighted by Gasteiger charge is -2.09. The third-order valence-corrected chi connectivity index (χ3v) is 3.95. The molecule has 3 rings (SSSR count). The fraction of sp³-hybridized carbons (Fsp3) is 0.0500. The van der Waals surface area contributed by atoms with Crippen molar-refractivity contribution >= 4 is 40.7 Å². The molecular weight excluding hydrogens is 366 g/mol. The van der Waals surface area contributed by atoms with Crippen LogP contribution in [0, 0.1) is 0 Å². The summed E-state index contributed by atoms with van der Waals surface area (Å²) in [5, 5.41) is 6.53. The Balaban J connectivity index is 1.69. The van der Waals surface area contributed by atoms with E-state index in [0.29, 0.717) is 27.7 Å². The first kappa shape index (κ1) is 18.4. The molecular formula is C20H16ClN3O3. The van der Waals surface area contributed by atoms with Gasteiger partial charge in [0.2, 0.25) is 0 Å². The minimum Gasteiger partial charge on any atom is -0.465 e. The van der Waals surface area contributed by atoms with Crippen molar-refractivity contribution in [1.82, 2.24) is 4.98 Å². The van der Waals surface area contributed by atoms with Gasteiger partial charge in [-0.3, -0.25) is 4.79 Å². The number of aromatic nitrogens is 1. The van der Waals surface area contributed by atoms with Crippen LogP contribution >= 0.6 is 11.6 Å². The third-order valence-electron chi connectivity index (χ3n) is 3.70. The van der Waals surface area contributed by atoms with Crippen molar-refractivity contribution in [3.05, 3.63) is 83.0 Å². The normalized spacial score (nSPS) is 10.1. The Bertz CT molecular complexity index is 957. The summed E-state index contributed by atoms with van der Waals surface area (Å²) in [6.07, 6.45) is 1.55. The highest BCUT2D eigenvalue weighted by atomic mass is 35.5. The highest BCUT2D eigenvalue weighted by molar-refractivity contribution is 6.30. The van der Waals surface area contributed by atoms with Crippen molar-refractivity contribution in [1.29, 1.82) is 0 Å². The average Bonchev–Trinajstić information content (AvgIpc) is 2.70. The Morgan fingerprint density at radius 2 is 1.59 bits per heavy atom. The van der Waals surface area contributed by atoms with Crippen molar-refractivity contribution < 1.29 is 14.3 Å². The molecule has 0 spiro atoms. The Morgan fingerprint density at radius 1 is 0.926 bits per heavy atom. The highest BCUT2D eigenvalue weighted by Gasteiger charge is 2.09. The molecule has 6 nitrogen and oxygen atoms in total. The second-order valence-electron chi connectivity index (χ2n) is 5.58. The smallest absolute Gasteiger partial charge is 0.337 e. The number of hydrogen-bond donors (Lipinski definition) is 2. The number of pyridine rings is 1. The molecule has 0 aliphatic rings. The summed E-state index contributed by atoms with van der Waals surface area (Å²) >= 11 is 5.87. The lowest BCUT2D eigenvalue weighted by Crippen LogP contribution is -2.12. The van der Waals surface area contributed by atoms with E-state index in [1.54, 1.807) is 54.7 Å². The van der Waals surface area contributed by atoms with Crippen molar-refractivity contribution in [2.45, 2.75) is 0 Å². The van der Waals surface area contributed by atoms with Crippen LogP contribution in [0.2, 0.25) is 5.02 Å².